The zero-order chi connectivity index (χ0) is 17.3. The standard InChI is InChI=1S/C19H35N3O2/c20-18(21)7-3-2-6-17(14-24-15-23)22-16-8-12-19(13-9-16)10-4-1-5-11-19/h15-17,22H,1-14H2,(H3,20,21)/t17-/m0/s1. The lowest BCUT2D eigenvalue weighted by atomic mass is 9.64. The SMILES string of the molecule is N=C(N)CCCC[C@@H](COC=O)NC1CCC2(CCCCC2)CC1. The van der Waals surface area contributed by atoms with Gasteiger partial charge in [-0.15, -0.1) is 0 Å². The van der Waals surface area contributed by atoms with Crippen molar-refractivity contribution in [3.05, 3.63) is 0 Å². The van der Waals surface area contributed by atoms with Gasteiger partial charge in [-0.1, -0.05) is 25.7 Å². The average molecular weight is 338 g/mol. The second-order valence-electron chi connectivity index (χ2n) is 7.90. The number of carbonyl (C=O) groups excluding carboxylic acids is 1. The predicted octanol–water partition coefficient (Wildman–Crippen LogP) is 3.51. The van der Waals surface area contributed by atoms with Crippen LogP contribution >= 0.6 is 0 Å². The van der Waals surface area contributed by atoms with Gasteiger partial charge in [0.15, 0.2) is 0 Å². The summed E-state index contributed by atoms with van der Waals surface area (Å²) in [4.78, 5) is 10.5. The highest BCUT2D eigenvalue weighted by atomic mass is 16.5. The normalized spacial score (nSPS) is 22.2. The van der Waals surface area contributed by atoms with Gasteiger partial charge >= 0.3 is 0 Å². The second-order valence-corrected chi connectivity index (χ2v) is 7.90. The number of hydrogen-bond donors (Lipinski definition) is 3. The van der Waals surface area contributed by atoms with E-state index < -0.39 is 0 Å². The first-order chi connectivity index (χ1) is 11.6. The fraction of sp³-hybridized carbons (Fsp3) is 0.895. The van der Waals surface area contributed by atoms with Gasteiger partial charge in [0.2, 0.25) is 0 Å². The van der Waals surface area contributed by atoms with Crippen LogP contribution in [0.3, 0.4) is 0 Å². The molecule has 0 aromatic rings. The minimum absolute atomic E-state index is 0.229. The molecule has 1 spiro atoms. The van der Waals surface area contributed by atoms with Gasteiger partial charge in [-0.3, -0.25) is 10.2 Å². The van der Waals surface area contributed by atoms with Crippen molar-refractivity contribution in [3.8, 4) is 0 Å². The molecule has 2 rings (SSSR count). The third-order valence-electron chi connectivity index (χ3n) is 6.05. The maximum Gasteiger partial charge on any atom is 0.293 e. The number of amidine groups is 1. The fourth-order valence-electron chi connectivity index (χ4n) is 4.61. The summed E-state index contributed by atoms with van der Waals surface area (Å²) >= 11 is 0. The minimum atomic E-state index is 0.229. The van der Waals surface area contributed by atoms with Crippen LogP contribution in [0.2, 0.25) is 0 Å². The summed E-state index contributed by atoms with van der Waals surface area (Å²) < 4.78 is 5.02. The van der Waals surface area contributed by atoms with Crippen molar-refractivity contribution in [2.24, 2.45) is 11.1 Å². The van der Waals surface area contributed by atoms with Crippen molar-refractivity contribution in [1.82, 2.24) is 5.32 Å². The van der Waals surface area contributed by atoms with E-state index in [1.807, 2.05) is 0 Å². The van der Waals surface area contributed by atoms with Crippen LogP contribution in [0, 0.1) is 10.8 Å². The van der Waals surface area contributed by atoms with Crippen molar-refractivity contribution < 1.29 is 9.53 Å². The Balaban J connectivity index is 1.72. The van der Waals surface area contributed by atoms with Gasteiger partial charge in [0, 0.05) is 18.5 Å². The van der Waals surface area contributed by atoms with Crippen molar-refractivity contribution in [2.75, 3.05) is 6.61 Å². The van der Waals surface area contributed by atoms with Crippen molar-refractivity contribution in [3.63, 3.8) is 0 Å². The van der Waals surface area contributed by atoms with Gasteiger partial charge < -0.3 is 15.8 Å². The Morgan fingerprint density at radius 1 is 1.21 bits per heavy atom. The molecule has 2 saturated carbocycles. The molecule has 2 fully saturated rings. The lowest BCUT2D eigenvalue weighted by Gasteiger charge is -2.43. The summed E-state index contributed by atoms with van der Waals surface area (Å²) in [6, 6.07) is 0.790. The molecule has 0 bridgehead atoms. The first kappa shape index (κ1) is 19.2. The molecule has 0 radical (unpaired) electrons. The Labute approximate surface area is 146 Å². The lowest BCUT2D eigenvalue weighted by molar-refractivity contribution is -0.129. The summed E-state index contributed by atoms with van der Waals surface area (Å²) in [7, 11) is 0. The topological polar surface area (TPSA) is 88.2 Å². The van der Waals surface area contributed by atoms with E-state index in [9.17, 15) is 4.79 Å². The summed E-state index contributed by atoms with van der Waals surface area (Å²) in [5.74, 6) is 0.258. The molecular formula is C19H35N3O2. The zero-order valence-corrected chi connectivity index (χ0v) is 15.0. The molecule has 0 heterocycles. The number of hydrogen-bond acceptors (Lipinski definition) is 4. The highest BCUT2D eigenvalue weighted by molar-refractivity contribution is 5.76. The number of ether oxygens (including phenoxy) is 1. The van der Waals surface area contributed by atoms with Gasteiger partial charge in [0.1, 0.15) is 6.61 Å². The first-order valence-corrected chi connectivity index (χ1v) is 9.78. The number of carbonyl (C=O) groups is 1. The zero-order valence-electron chi connectivity index (χ0n) is 15.0. The molecule has 0 amide bonds. The largest absolute Gasteiger partial charge is 0.466 e. The maximum absolute atomic E-state index is 10.5. The van der Waals surface area contributed by atoms with E-state index in [1.165, 1.54) is 57.8 Å². The number of nitrogens with two attached hydrogens (primary N) is 1. The number of nitrogens with one attached hydrogen (secondary N) is 2. The molecule has 24 heavy (non-hydrogen) atoms. The smallest absolute Gasteiger partial charge is 0.293 e. The number of rotatable bonds is 10. The Morgan fingerprint density at radius 2 is 1.92 bits per heavy atom. The van der Waals surface area contributed by atoms with Gasteiger partial charge in [-0.25, -0.2) is 0 Å². The van der Waals surface area contributed by atoms with Crippen LogP contribution in [0.4, 0.5) is 0 Å². The average Bonchev–Trinajstić information content (AvgIpc) is 2.59. The summed E-state index contributed by atoms with van der Waals surface area (Å²) in [5.41, 5.74) is 6.05. The van der Waals surface area contributed by atoms with Gasteiger partial charge in [-0.05, 0) is 56.8 Å². The second kappa shape index (κ2) is 10.0. The fourth-order valence-corrected chi connectivity index (χ4v) is 4.61. The molecule has 0 aliphatic heterocycles. The summed E-state index contributed by atoms with van der Waals surface area (Å²) in [6.07, 6.45) is 15.9. The van der Waals surface area contributed by atoms with E-state index >= 15 is 0 Å². The quantitative estimate of drug-likeness (QED) is 0.246. The van der Waals surface area contributed by atoms with E-state index in [2.05, 4.69) is 5.32 Å². The van der Waals surface area contributed by atoms with E-state index in [4.69, 9.17) is 15.9 Å². The lowest BCUT2D eigenvalue weighted by Crippen LogP contribution is -2.45. The molecule has 5 heteroatoms. The van der Waals surface area contributed by atoms with Crippen LogP contribution in [0.5, 0.6) is 0 Å². The molecule has 5 nitrogen and oxygen atoms in total. The van der Waals surface area contributed by atoms with E-state index in [-0.39, 0.29) is 11.9 Å². The van der Waals surface area contributed by atoms with Crippen molar-refractivity contribution in [1.29, 1.82) is 5.41 Å². The molecule has 0 unspecified atom stereocenters. The van der Waals surface area contributed by atoms with Gasteiger partial charge in [-0.2, -0.15) is 0 Å². The highest BCUT2D eigenvalue weighted by Crippen LogP contribution is 2.47. The van der Waals surface area contributed by atoms with Crippen LogP contribution in [-0.4, -0.2) is 31.0 Å². The van der Waals surface area contributed by atoms with Crippen LogP contribution < -0.4 is 11.1 Å². The van der Waals surface area contributed by atoms with Gasteiger partial charge in [0.05, 0.1) is 5.84 Å². The minimum Gasteiger partial charge on any atom is -0.466 e. The van der Waals surface area contributed by atoms with Gasteiger partial charge in [0.25, 0.3) is 6.47 Å². The Morgan fingerprint density at radius 3 is 2.54 bits per heavy atom. The molecule has 2 aliphatic carbocycles. The monoisotopic (exact) mass is 337 g/mol. The van der Waals surface area contributed by atoms with E-state index in [0.717, 1.165) is 19.3 Å². The Kier molecular flexibility index (Phi) is 8.03. The summed E-state index contributed by atoms with van der Waals surface area (Å²) in [5, 5.41) is 11.0. The number of unbranched alkanes of at least 4 members (excludes halogenated alkanes) is 1. The Bertz CT molecular complexity index is 384. The molecule has 138 valence electrons. The predicted molar refractivity (Wildman–Crippen MR) is 97.1 cm³/mol. The molecule has 0 aromatic carbocycles. The third kappa shape index (κ3) is 6.42. The van der Waals surface area contributed by atoms with Crippen LogP contribution in [0.25, 0.3) is 0 Å². The first-order valence-electron chi connectivity index (χ1n) is 9.78. The van der Waals surface area contributed by atoms with Crippen LogP contribution in [0.15, 0.2) is 0 Å². The Hall–Kier alpha value is -1.10. The van der Waals surface area contributed by atoms with Crippen molar-refractivity contribution in [2.45, 2.75) is 95.6 Å². The van der Waals surface area contributed by atoms with E-state index in [1.54, 1.807) is 0 Å². The molecular weight excluding hydrogens is 302 g/mol. The van der Waals surface area contributed by atoms with Crippen LogP contribution in [0.1, 0.15) is 83.5 Å². The summed E-state index contributed by atoms with van der Waals surface area (Å²) in [6.45, 7) is 0.993. The highest BCUT2D eigenvalue weighted by Gasteiger charge is 2.36. The molecule has 2 aliphatic rings. The molecule has 0 saturated heterocycles. The van der Waals surface area contributed by atoms with Crippen molar-refractivity contribution >= 4 is 12.3 Å². The van der Waals surface area contributed by atoms with Crippen LogP contribution in [-0.2, 0) is 9.53 Å². The maximum atomic E-state index is 10.5. The molecule has 1 atom stereocenters. The molecule has 4 N–H and O–H groups in total. The third-order valence-corrected chi connectivity index (χ3v) is 6.05. The molecule has 0 aromatic heterocycles. The van der Waals surface area contributed by atoms with E-state index in [0.29, 0.717) is 31.0 Å².